The van der Waals surface area contributed by atoms with Crippen molar-refractivity contribution in [3.63, 3.8) is 0 Å². The summed E-state index contributed by atoms with van der Waals surface area (Å²) in [7, 11) is 0. The van der Waals surface area contributed by atoms with E-state index in [1.165, 1.54) is 10.6 Å². The van der Waals surface area contributed by atoms with Crippen LogP contribution in [-0.2, 0) is 16.7 Å². The van der Waals surface area contributed by atoms with Crippen LogP contribution in [0.15, 0.2) is 0 Å². The van der Waals surface area contributed by atoms with Gasteiger partial charge >= 0.3 is 0 Å². The first-order valence-electron chi connectivity index (χ1n) is 7.82. The molecule has 1 fully saturated rings. The van der Waals surface area contributed by atoms with Crippen molar-refractivity contribution in [2.75, 3.05) is 31.2 Å². The molecule has 0 spiro atoms. The average Bonchev–Trinajstić information content (AvgIpc) is 2.79. The second-order valence-electron chi connectivity index (χ2n) is 7.32. The predicted molar refractivity (Wildman–Crippen MR) is 90.4 cm³/mol. The largest absolute Gasteiger partial charge is 0.377 e. The molecule has 2 rings (SSSR count). The van der Waals surface area contributed by atoms with E-state index < -0.39 is 0 Å². The van der Waals surface area contributed by atoms with Gasteiger partial charge in [0, 0.05) is 23.4 Å². The molecule has 0 amide bonds. The Hall–Kier alpha value is -0.650. The van der Waals surface area contributed by atoms with E-state index in [0.29, 0.717) is 0 Å². The minimum atomic E-state index is 0.0146. The normalized spacial score (nSPS) is 19.0. The summed E-state index contributed by atoms with van der Waals surface area (Å²) in [5, 5.41) is 4.58. The lowest BCUT2D eigenvalue weighted by Crippen LogP contribution is -2.53. The number of hydrogen-bond acceptors (Lipinski definition) is 5. The summed E-state index contributed by atoms with van der Waals surface area (Å²) in [4.78, 5) is 8.77. The van der Waals surface area contributed by atoms with Gasteiger partial charge in [-0.25, -0.2) is 4.98 Å². The van der Waals surface area contributed by atoms with Gasteiger partial charge in [-0.2, -0.15) is 0 Å². The van der Waals surface area contributed by atoms with Gasteiger partial charge < -0.3 is 15.0 Å². The monoisotopic (exact) mass is 311 g/mol. The van der Waals surface area contributed by atoms with E-state index in [0.717, 1.165) is 38.0 Å². The van der Waals surface area contributed by atoms with Gasteiger partial charge in [0.2, 0.25) is 0 Å². The second kappa shape index (κ2) is 6.23. The summed E-state index contributed by atoms with van der Waals surface area (Å²) < 4.78 is 5.63. The van der Waals surface area contributed by atoms with E-state index in [4.69, 9.17) is 9.72 Å². The first kappa shape index (κ1) is 16.7. The molecule has 1 aliphatic rings. The highest BCUT2D eigenvalue weighted by molar-refractivity contribution is 7.15. The van der Waals surface area contributed by atoms with Crippen LogP contribution < -0.4 is 10.2 Å². The minimum absolute atomic E-state index is 0.0146. The van der Waals surface area contributed by atoms with Gasteiger partial charge in [-0.05, 0) is 20.4 Å². The van der Waals surface area contributed by atoms with Crippen molar-refractivity contribution in [3.8, 4) is 0 Å². The maximum absolute atomic E-state index is 5.63. The lowest BCUT2D eigenvalue weighted by molar-refractivity contribution is 0.0643. The number of morpholine rings is 1. The zero-order valence-corrected chi connectivity index (χ0v) is 15.1. The van der Waals surface area contributed by atoms with Crippen molar-refractivity contribution in [1.82, 2.24) is 10.3 Å². The molecule has 2 heterocycles. The maximum Gasteiger partial charge on any atom is 0.186 e. The molecule has 1 saturated heterocycles. The molecule has 0 aliphatic carbocycles. The number of rotatable bonds is 4. The Morgan fingerprint density at radius 1 is 1.38 bits per heavy atom. The van der Waals surface area contributed by atoms with E-state index in [1.807, 2.05) is 11.3 Å². The molecule has 0 aromatic carbocycles. The topological polar surface area (TPSA) is 37.4 Å². The van der Waals surface area contributed by atoms with Crippen LogP contribution in [0.3, 0.4) is 0 Å². The van der Waals surface area contributed by atoms with Gasteiger partial charge in [-0.1, -0.05) is 27.7 Å². The zero-order valence-electron chi connectivity index (χ0n) is 14.2. The third-order valence-electron chi connectivity index (χ3n) is 3.81. The number of aromatic nitrogens is 1. The quantitative estimate of drug-likeness (QED) is 0.927. The van der Waals surface area contributed by atoms with Crippen LogP contribution >= 0.6 is 11.3 Å². The fourth-order valence-corrected chi connectivity index (χ4v) is 4.04. The van der Waals surface area contributed by atoms with Gasteiger partial charge in [0.25, 0.3) is 0 Å². The molecule has 0 bridgehead atoms. The molecule has 120 valence electrons. The van der Waals surface area contributed by atoms with E-state index in [2.05, 4.69) is 51.8 Å². The number of nitrogens with one attached hydrogen (secondary N) is 1. The van der Waals surface area contributed by atoms with E-state index in [9.17, 15) is 0 Å². The summed E-state index contributed by atoms with van der Waals surface area (Å²) in [6.07, 6.45) is 0. The van der Waals surface area contributed by atoms with E-state index in [-0.39, 0.29) is 11.0 Å². The van der Waals surface area contributed by atoms with Crippen LogP contribution in [0.5, 0.6) is 0 Å². The Labute approximate surface area is 132 Å². The highest BCUT2D eigenvalue weighted by Crippen LogP contribution is 2.37. The number of hydrogen-bond donors (Lipinski definition) is 1. The Bertz CT molecular complexity index is 476. The van der Waals surface area contributed by atoms with Crippen molar-refractivity contribution >= 4 is 16.5 Å². The lowest BCUT2D eigenvalue weighted by Gasteiger charge is -2.42. The average molecular weight is 311 g/mol. The van der Waals surface area contributed by atoms with E-state index >= 15 is 0 Å². The number of nitrogens with zero attached hydrogens (tertiary/aromatic N) is 2. The van der Waals surface area contributed by atoms with Crippen molar-refractivity contribution < 1.29 is 4.74 Å². The Kier molecular flexibility index (Phi) is 4.96. The van der Waals surface area contributed by atoms with Crippen molar-refractivity contribution in [2.45, 2.75) is 59.0 Å². The van der Waals surface area contributed by atoms with Gasteiger partial charge in [-0.15, -0.1) is 11.3 Å². The number of anilines is 1. The highest BCUT2D eigenvalue weighted by atomic mass is 32.1. The molecular weight excluding hydrogens is 282 g/mol. The Morgan fingerprint density at radius 3 is 2.67 bits per heavy atom. The molecule has 0 unspecified atom stereocenters. The molecular formula is C16H29N3OS. The Morgan fingerprint density at radius 2 is 2.10 bits per heavy atom. The molecule has 21 heavy (non-hydrogen) atoms. The number of thiazole rings is 1. The molecule has 1 aromatic rings. The third kappa shape index (κ3) is 3.76. The summed E-state index contributed by atoms with van der Waals surface area (Å²) >= 11 is 1.83. The SMILES string of the molecule is CCNCc1sc(N2CCOCC2(C)C)nc1C(C)(C)C. The fraction of sp³-hybridized carbons (Fsp3) is 0.812. The first-order chi connectivity index (χ1) is 9.75. The van der Waals surface area contributed by atoms with Crippen molar-refractivity contribution in [3.05, 3.63) is 10.6 Å². The standard InChI is InChI=1S/C16H29N3OS/c1-7-17-10-12-13(15(2,3)4)18-14(21-12)19-8-9-20-11-16(19,5)6/h17H,7-11H2,1-6H3. The van der Waals surface area contributed by atoms with Gasteiger partial charge in [-0.3, -0.25) is 0 Å². The summed E-state index contributed by atoms with van der Waals surface area (Å²) in [6, 6.07) is 0. The minimum Gasteiger partial charge on any atom is -0.377 e. The van der Waals surface area contributed by atoms with Crippen molar-refractivity contribution in [2.24, 2.45) is 0 Å². The molecule has 1 N–H and O–H groups in total. The van der Waals surface area contributed by atoms with Crippen LogP contribution in [0.1, 0.15) is 52.1 Å². The van der Waals surface area contributed by atoms with Crippen LogP contribution in [0.25, 0.3) is 0 Å². The second-order valence-corrected chi connectivity index (χ2v) is 8.38. The molecule has 4 nitrogen and oxygen atoms in total. The highest BCUT2D eigenvalue weighted by Gasteiger charge is 2.34. The molecule has 1 aliphatic heterocycles. The summed E-state index contributed by atoms with van der Waals surface area (Å²) in [5.74, 6) is 0. The van der Waals surface area contributed by atoms with Crippen LogP contribution in [-0.4, -0.2) is 36.8 Å². The van der Waals surface area contributed by atoms with Crippen LogP contribution in [0.2, 0.25) is 0 Å². The lowest BCUT2D eigenvalue weighted by atomic mass is 9.91. The third-order valence-corrected chi connectivity index (χ3v) is 4.89. The van der Waals surface area contributed by atoms with Gasteiger partial charge in [0.05, 0.1) is 24.4 Å². The zero-order chi connectivity index (χ0) is 15.7. The maximum atomic E-state index is 5.63. The molecule has 1 aromatic heterocycles. The summed E-state index contributed by atoms with van der Waals surface area (Å²) in [5.41, 5.74) is 1.32. The van der Waals surface area contributed by atoms with Gasteiger partial charge in [0.1, 0.15) is 0 Å². The molecule has 0 atom stereocenters. The first-order valence-corrected chi connectivity index (χ1v) is 8.63. The molecule has 5 heteroatoms. The van der Waals surface area contributed by atoms with E-state index in [1.54, 1.807) is 0 Å². The van der Waals surface area contributed by atoms with Crippen LogP contribution in [0.4, 0.5) is 5.13 Å². The summed E-state index contributed by atoms with van der Waals surface area (Å²) in [6.45, 7) is 17.7. The fourth-order valence-electron chi connectivity index (χ4n) is 2.61. The predicted octanol–water partition coefficient (Wildman–Crippen LogP) is 3.17. The Balaban J connectivity index is 2.34. The number of ether oxygens (including phenoxy) is 1. The smallest absolute Gasteiger partial charge is 0.186 e. The van der Waals surface area contributed by atoms with Crippen LogP contribution in [0, 0.1) is 0 Å². The molecule has 0 radical (unpaired) electrons. The molecule has 0 saturated carbocycles. The van der Waals surface area contributed by atoms with Gasteiger partial charge in [0.15, 0.2) is 5.13 Å². The van der Waals surface area contributed by atoms with Crippen molar-refractivity contribution in [1.29, 1.82) is 0 Å².